The van der Waals surface area contributed by atoms with Gasteiger partial charge >= 0.3 is 6.18 Å². The summed E-state index contributed by atoms with van der Waals surface area (Å²) in [5.41, 5.74) is 0.211. The normalized spacial score (nSPS) is 15.5. The predicted molar refractivity (Wildman–Crippen MR) is 111 cm³/mol. The molecule has 0 unspecified atom stereocenters. The van der Waals surface area contributed by atoms with Gasteiger partial charge in [0.05, 0.1) is 27.1 Å². The number of fused-ring (bicyclic) bond motifs is 1. The molecule has 1 saturated heterocycles. The number of hydrogen-bond donors (Lipinski definition) is 1. The third-order valence-electron chi connectivity index (χ3n) is 4.96. The molecule has 1 fully saturated rings. The van der Waals surface area contributed by atoms with E-state index in [0.717, 1.165) is 36.3 Å². The minimum atomic E-state index is -4.43. The van der Waals surface area contributed by atoms with E-state index in [2.05, 4.69) is 10.3 Å². The van der Waals surface area contributed by atoms with Gasteiger partial charge in [-0.15, -0.1) is 0 Å². The lowest BCUT2D eigenvalue weighted by Crippen LogP contribution is -2.27. The van der Waals surface area contributed by atoms with E-state index in [1.165, 1.54) is 22.5 Å². The van der Waals surface area contributed by atoms with Crippen LogP contribution in [-0.2, 0) is 27.4 Å². The second kappa shape index (κ2) is 8.21. The van der Waals surface area contributed by atoms with Crippen molar-refractivity contribution in [3.05, 3.63) is 53.6 Å². The highest BCUT2D eigenvalue weighted by atomic mass is 32.2. The number of sulfonamides is 1. The number of carbonyl (C=O) groups is 1. The summed E-state index contributed by atoms with van der Waals surface area (Å²) < 4.78 is 65.4. The van der Waals surface area contributed by atoms with Crippen molar-refractivity contribution in [2.75, 3.05) is 18.4 Å². The van der Waals surface area contributed by atoms with E-state index in [-0.39, 0.29) is 11.3 Å². The number of amides is 1. The number of carbonyl (C=O) groups excluding carboxylic acids is 1. The molecule has 2 heterocycles. The van der Waals surface area contributed by atoms with Crippen LogP contribution in [0.3, 0.4) is 0 Å². The molecule has 1 amide bonds. The highest BCUT2D eigenvalue weighted by Crippen LogP contribution is 2.31. The molecule has 0 bridgehead atoms. The van der Waals surface area contributed by atoms with Crippen molar-refractivity contribution in [2.45, 2.75) is 30.3 Å². The second-order valence-corrected chi connectivity index (χ2v) is 10.1. The van der Waals surface area contributed by atoms with Gasteiger partial charge in [-0.2, -0.15) is 17.5 Å². The van der Waals surface area contributed by atoms with Crippen LogP contribution >= 0.6 is 11.3 Å². The first-order valence-corrected chi connectivity index (χ1v) is 11.8. The molecule has 0 atom stereocenters. The zero-order chi connectivity index (χ0) is 22.2. The van der Waals surface area contributed by atoms with Gasteiger partial charge in [0.2, 0.25) is 15.9 Å². The number of anilines is 1. The first kappa shape index (κ1) is 21.7. The van der Waals surface area contributed by atoms with E-state index < -0.39 is 27.7 Å². The summed E-state index contributed by atoms with van der Waals surface area (Å²) in [6, 6.07) is 9.04. The Bertz CT molecular complexity index is 1220. The number of nitrogens with one attached hydrogen (secondary N) is 1. The predicted octanol–water partition coefficient (Wildman–Crippen LogP) is 4.28. The smallest absolute Gasteiger partial charge is 0.302 e. The molecule has 1 aliphatic rings. The molecule has 0 spiro atoms. The molecule has 164 valence electrons. The minimum Gasteiger partial charge on any atom is -0.302 e. The third-order valence-corrected chi connectivity index (χ3v) is 7.78. The zero-order valence-electron chi connectivity index (χ0n) is 16.1. The number of rotatable bonds is 5. The Hall–Kier alpha value is -2.50. The molecule has 0 aliphatic carbocycles. The number of benzene rings is 2. The van der Waals surface area contributed by atoms with Gasteiger partial charge in [0.25, 0.3) is 0 Å². The lowest BCUT2D eigenvalue weighted by molar-refractivity contribution is -0.137. The van der Waals surface area contributed by atoms with E-state index in [1.807, 2.05) is 0 Å². The molecule has 2 aromatic carbocycles. The van der Waals surface area contributed by atoms with Gasteiger partial charge in [0.15, 0.2) is 5.13 Å². The minimum absolute atomic E-state index is 0.108. The fourth-order valence-corrected chi connectivity index (χ4v) is 5.90. The molecular formula is C20H18F3N3O3S2. The standard InChI is InChI=1S/C20H18F3N3O3S2/c21-20(22,23)14-5-3-13(4-6-14)11-18(27)25-19-24-16-8-7-15(12-17(16)30-19)31(28,29)26-9-1-2-10-26/h3-8,12H,1-2,9-11H2,(H,24,25,27). The average molecular weight is 470 g/mol. The number of alkyl halides is 3. The first-order chi connectivity index (χ1) is 14.6. The van der Waals surface area contributed by atoms with E-state index in [0.29, 0.717) is 34.0 Å². The van der Waals surface area contributed by atoms with E-state index >= 15 is 0 Å². The van der Waals surface area contributed by atoms with Crippen LogP contribution in [0.2, 0.25) is 0 Å². The molecule has 4 rings (SSSR count). The van der Waals surface area contributed by atoms with E-state index in [9.17, 15) is 26.4 Å². The van der Waals surface area contributed by atoms with Gasteiger partial charge in [-0.25, -0.2) is 13.4 Å². The third kappa shape index (κ3) is 4.73. The fraction of sp³-hybridized carbons (Fsp3) is 0.300. The Balaban J connectivity index is 1.47. The van der Waals surface area contributed by atoms with E-state index in [4.69, 9.17) is 0 Å². The molecular weight excluding hydrogens is 451 g/mol. The Kier molecular flexibility index (Phi) is 5.75. The monoisotopic (exact) mass is 469 g/mol. The van der Waals surface area contributed by atoms with Crippen molar-refractivity contribution in [3.8, 4) is 0 Å². The van der Waals surface area contributed by atoms with Crippen LogP contribution in [-0.4, -0.2) is 36.7 Å². The Morgan fingerprint density at radius 1 is 1.10 bits per heavy atom. The highest BCUT2D eigenvalue weighted by molar-refractivity contribution is 7.89. The largest absolute Gasteiger partial charge is 0.416 e. The van der Waals surface area contributed by atoms with Crippen molar-refractivity contribution in [3.63, 3.8) is 0 Å². The van der Waals surface area contributed by atoms with Crippen LogP contribution in [0.5, 0.6) is 0 Å². The van der Waals surface area contributed by atoms with Crippen molar-refractivity contribution in [2.24, 2.45) is 0 Å². The SMILES string of the molecule is O=C(Cc1ccc(C(F)(F)F)cc1)Nc1nc2ccc(S(=O)(=O)N3CCCC3)cc2s1. The fourth-order valence-electron chi connectivity index (χ4n) is 3.36. The molecule has 1 N–H and O–H groups in total. The average Bonchev–Trinajstić information content (AvgIpc) is 3.37. The zero-order valence-corrected chi connectivity index (χ0v) is 17.8. The van der Waals surface area contributed by atoms with Gasteiger partial charge in [-0.05, 0) is 48.7 Å². The molecule has 3 aromatic rings. The van der Waals surface area contributed by atoms with Crippen molar-refractivity contribution < 1.29 is 26.4 Å². The van der Waals surface area contributed by atoms with E-state index in [1.54, 1.807) is 12.1 Å². The topological polar surface area (TPSA) is 79.4 Å². The molecule has 1 aliphatic heterocycles. The van der Waals surface area contributed by atoms with Gasteiger partial charge in [-0.3, -0.25) is 4.79 Å². The van der Waals surface area contributed by atoms with Crippen LogP contribution in [0.15, 0.2) is 47.4 Å². The summed E-state index contributed by atoms with van der Waals surface area (Å²) in [7, 11) is -3.55. The summed E-state index contributed by atoms with van der Waals surface area (Å²) in [5, 5.41) is 2.92. The lowest BCUT2D eigenvalue weighted by Gasteiger charge is -2.15. The quantitative estimate of drug-likeness (QED) is 0.605. The van der Waals surface area contributed by atoms with Crippen molar-refractivity contribution in [1.29, 1.82) is 0 Å². The summed E-state index contributed by atoms with van der Waals surface area (Å²) >= 11 is 1.14. The molecule has 6 nitrogen and oxygen atoms in total. The first-order valence-electron chi connectivity index (χ1n) is 9.50. The highest BCUT2D eigenvalue weighted by Gasteiger charge is 2.30. The van der Waals surface area contributed by atoms with Crippen LogP contribution in [0, 0.1) is 0 Å². The maximum absolute atomic E-state index is 12.7. The number of hydrogen-bond acceptors (Lipinski definition) is 5. The number of thiazole rings is 1. The maximum atomic E-state index is 12.7. The summed E-state index contributed by atoms with van der Waals surface area (Å²) in [5.74, 6) is -0.427. The van der Waals surface area contributed by atoms with Crippen molar-refractivity contribution in [1.82, 2.24) is 9.29 Å². The number of halogens is 3. The van der Waals surface area contributed by atoms with Gasteiger partial charge < -0.3 is 5.32 Å². The summed E-state index contributed by atoms with van der Waals surface area (Å²) in [6.07, 6.45) is -2.85. The molecule has 0 saturated carbocycles. The molecule has 11 heteroatoms. The summed E-state index contributed by atoms with van der Waals surface area (Å²) in [4.78, 5) is 16.8. The maximum Gasteiger partial charge on any atom is 0.416 e. The number of aromatic nitrogens is 1. The van der Waals surface area contributed by atoms with Crippen LogP contribution in [0.1, 0.15) is 24.0 Å². The Morgan fingerprint density at radius 2 is 1.77 bits per heavy atom. The molecule has 0 radical (unpaired) electrons. The molecule has 1 aromatic heterocycles. The number of nitrogens with zero attached hydrogens (tertiary/aromatic N) is 2. The van der Waals surface area contributed by atoms with Gasteiger partial charge in [-0.1, -0.05) is 23.5 Å². The van der Waals surface area contributed by atoms with Gasteiger partial charge in [0.1, 0.15) is 0 Å². The Labute approximate surface area is 180 Å². The van der Waals surface area contributed by atoms with Crippen LogP contribution < -0.4 is 5.32 Å². The molecule has 31 heavy (non-hydrogen) atoms. The van der Waals surface area contributed by atoms with Crippen LogP contribution in [0.4, 0.5) is 18.3 Å². The second-order valence-electron chi connectivity index (χ2n) is 7.18. The van der Waals surface area contributed by atoms with Crippen LogP contribution in [0.25, 0.3) is 10.2 Å². The summed E-state index contributed by atoms with van der Waals surface area (Å²) in [6.45, 7) is 1.02. The van der Waals surface area contributed by atoms with Gasteiger partial charge in [0, 0.05) is 13.1 Å². The Morgan fingerprint density at radius 3 is 2.42 bits per heavy atom. The van der Waals surface area contributed by atoms with Crippen molar-refractivity contribution >= 4 is 42.6 Å². The lowest BCUT2D eigenvalue weighted by atomic mass is 10.1.